The Hall–Kier alpha value is -2.96. The van der Waals surface area contributed by atoms with E-state index in [-0.39, 0.29) is 24.0 Å². The summed E-state index contributed by atoms with van der Waals surface area (Å²) in [4.78, 5) is 29.1. The highest BCUT2D eigenvalue weighted by Crippen LogP contribution is 2.26. The number of aryl methyl sites for hydroxylation is 3. The van der Waals surface area contributed by atoms with Crippen molar-refractivity contribution < 1.29 is 9.72 Å². The third kappa shape index (κ3) is 4.32. The van der Waals surface area contributed by atoms with Gasteiger partial charge in [-0.2, -0.15) is 0 Å². The first-order valence-electron chi connectivity index (χ1n) is 8.05. The van der Waals surface area contributed by atoms with Gasteiger partial charge in [-0.25, -0.2) is 4.98 Å². The third-order valence-corrected chi connectivity index (χ3v) is 3.94. The number of nitrogens with one attached hydrogen (secondary N) is 1. The molecule has 0 radical (unpaired) electrons. The molecule has 0 unspecified atom stereocenters. The molecular weight excluding hydrogens is 320 g/mol. The fraction of sp³-hybridized carbons (Fsp3) is 0.333. The first kappa shape index (κ1) is 18.4. The van der Waals surface area contributed by atoms with E-state index in [2.05, 4.69) is 10.3 Å². The second kappa shape index (κ2) is 7.74. The maximum Gasteiger partial charge on any atom is 0.311 e. The van der Waals surface area contributed by atoms with Gasteiger partial charge in [0.15, 0.2) is 0 Å². The van der Waals surface area contributed by atoms with Gasteiger partial charge in [-0.15, -0.1) is 0 Å². The zero-order valence-corrected chi connectivity index (χ0v) is 14.9. The lowest BCUT2D eigenvalue weighted by Gasteiger charge is -2.22. The van der Waals surface area contributed by atoms with Crippen LogP contribution < -0.4 is 10.2 Å². The summed E-state index contributed by atoms with van der Waals surface area (Å²) in [5.74, 6) is -0.0364. The molecule has 0 aliphatic heterocycles. The van der Waals surface area contributed by atoms with Gasteiger partial charge in [-0.05, 0) is 44.4 Å². The summed E-state index contributed by atoms with van der Waals surface area (Å²) in [5.41, 5.74) is 3.31. The second-order valence-electron chi connectivity index (χ2n) is 5.94. The Morgan fingerprint density at radius 3 is 2.48 bits per heavy atom. The number of hydrogen-bond donors (Lipinski definition) is 1. The monoisotopic (exact) mass is 342 g/mol. The van der Waals surface area contributed by atoms with Crippen molar-refractivity contribution in [2.75, 3.05) is 23.3 Å². The average Bonchev–Trinajstić information content (AvgIpc) is 2.56. The minimum absolute atomic E-state index is 0.0127. The average molecular weight is 342 g/mol. The summed E-state index contributed by atoms with van der Waals surface area (Å²) in [6.45, 7) is 7.84. The molecule has 2 rings (SSSR count). The number of para-hydroxylation sites is 1. The van der Waals surface area contributed by atoms with Gasteiger partial charge >= 0.3 is 5.69 Å². The van der Waals surface area contributed by atoms with E-state index in [1.807, 2.05) is 39.0 Å². The Morgan fingerprint density at radius 1 is 1.28 bits per heavy atom. The minimum atomic E-state index is -0.471. The minimum Gasteiger partial charge on any atom is -0.342 e. The molecule has 25 heavy (non-hydrogen) atoms. The normalized spacial score (nSPS) is 10.4. The highest BCUT2D eigenvalue weighted by Gasteiger charge is 2.22. The molecule has 0 aliphatic rings. The maximum atomic E-state index is 12.5. The van der Waals surface area contributed by atoms with Crippen LogP contribution in [0, 0.1) is 30.9 Å². The molecule has 0 spiro atoms. The molecule has 1 N–H and O–H groups in total. The Labute approximate surface area is 146 Å². The van der Waals surface area contributed by atoms with Crippen molar-refractivity contribution in [1.82, 2.24) is 4.98 Å². The number of likely N-dealkylation sites (N-methyl/N-ethyl adjacent to an activating group) is 1. The van der Waals surface area contributed by atoms with Gasteiger partial charge in [-0.3, -0.25) is 14.9 Å². The van der Waals surface area contributed by atoms with Gasteiger partial charge in [0.25, 0.3) is 0 Å². The van der Waals surface area contributed by atoms with Crippen LogP contribution >= 0.6 is 0 Å². The largest absolute Gasteiger partial charge is 0.342 e. The second-order valence-corrected chi connectivity index (χ2v) is 5.94. The van der Waals surface area contributed by atoms with Crippen LogP contribution in [0.15, 0.2) is 30.5 Å². The fourth-order valence-corrected chi connectivity index (χ4v) is 2.62. The van der Waals surface area contributed by atoms with E-state index in [9.17, 15) is 14.9 Å². The molecule has 2 aromatic rings. The van der Waals surface area contributed by atoms with Crippen LogP contribution in [0.5, 0.6) is 0 Å². The predicted octanol–water partition coefficient (Wildman–Crippen LogP) is 3.38. The van der Waals surface area contributed by atoms with Crippen molar-refractivity contribution in [3.8, 4) is 0 Å². The molecule has 0 saturated carbocycles. The number of carbonyl (C=O) groups excluding carboxylic acids is 1. The smallest absolute Gasteiger partial charge is 0.311 e. The number of benzene rings is 1. The Morgan fingerprint density at radius 2 is 1.92 bits per heavy atom. The lowest BCUT2D eigenvalue weighted by molar-refractivity contribution is -0.384. The van der Waals surface area contributed by atoms with Crippen LogP contribution in [-0.2, 0) is 4.79 Å². The van der Waals surface area contributed by atoms with E-state index in [1.165, 1.54) is 6.07 Å². The number of rotatable bonds is 6. The van der Waals surface area contributed by atoms with Crippen molar-refractivity contribution >= 4 is 23.1 Å². The lowest BCUT2D eigenvalue weighted by atomic mass is 10.1. The first-order valence-corrected chi connectivity index (χ1v) is 8.05. The number of amides is 1. The van der Waals surface area contributed by atoms with Crippen LogP contribution in [0.1, 0.15) is 23.6 Å². The van der Waals surface area contributed by atoms with Crippen molar-refractivity contribution in [3.05, 3.63) is 57.3 Å². The van der Waals surface area contributed by atoms with E-state index in [1.54, 1.807) is 18.0 Å². The van der Waals surface area contributed by atoms with Crippen molar-refractivity contribution in [2.24, 2.45) is 0 Å². The fourth-order valence-electron chi connectivity index (χ4n) is 2.62. The highest BCUT2D eigenvalue weighted by atomic mass is 16.6. The summed E-state index contributed by atoms with van der Waals surface area (Å²) in [6.07, 6.45) is 1.56. The molecule has 7 heteroatoms. The third-order valence-electron chi connectivity index (χ3n) is 3.94. The quantitative estimate of drug-likeness (QED) is 0.642. The zero-order valence-electron chi connectivity index (χ0n) is 14.9. The summed E-state index contributed by atoms with van der Waals surface area (Å²) >= 11 is 0. The van der Waals surface area contributed by atoms with Gasteiger partial charge in [0.05, 0.1) is 11.5 Å². The number of nitrogens with zero attached hydrogens (tertiary/aromatic N) is 3. The van der Waals surface area contributed by atoms with Gasteiger partial charge in [-0.1, -0.05) is 18.2 Å². The predicted molar refractivity (Wildman–Crippen MR) is 98.1 cm³/mol. The van der Waals surface area contributed by atoms with Crippen LogP contribution in [0.4, 0.5) is 17.2 Å². The van der Waals surface area contributed by atoms with Crippen LogP contribution in [0.3, 0.4) is 0 Å². The molecule has 0 saturated heterocycles. The zero-order chi connectivity index (χ0) is 18.6. The molecule has 132 valence electrons. The molecule has 7 nitrogen and oxygen atoms in total. The van der Waals surface area contributed by atoms with E-state index in [4.69, 9.17) is 0 Å². The van der Waals surface area contributed by atoms with Crippen LogP contribution in [-0.4, -0.2) is 28.9 Å². The Balaban J connectivity index is 2.23. The summed E-state index contributed by atoms with van der Waals surface area (Å²) in [7, 11) is 0. The summed E-state index contributed by atoms with van der Waals surface area (Å²) < 4.78 is 0. The van der Waals surface area contributed by atoms with Crippen LogP contribution in [0.2, 0.25) is 0 Å². The number of carbonyl (C=O) groups is 1. The molecule has 1 aromatic carbocycles. The van der Waals surface area contributed by atoms with Crippen LogP contribution in [0.25, 0.3) is 0 Å². The molecule has 0 bridgehead atoms. The van der Waals surface area contributed by atoms with Crippen molar-refractivity contribution in [2.45, 2.75) is 27.7 Å². The molecule has 0 fully saturated rings. The van der Waals surface area contributed by atoms with Gasteiger partial charge in [0.1, 0.15) is 0 Å². The maximum absolute atomic E-state index is 12.5. The molecule has 0 aliphatic carbocycles. The van der Waals surface area contributed by atoms with E-state index in [0.717, 1.165) is 16.8 Å². The molecule has 1 amide bonds. The molecular formula is C18H22N4O3. The topological polar surface area (TPSA) is 88.4 Å². The molecule has 0 atom stereocenters. The van der Waals surface area contributed by atoms with E-state index >= 15 is 0 Å². The Kier molecular flexibility index (Phi) is 5.69. The first-order chi connectivity index (χ1) is 11.8. The van der Waals surface area contributed by atoms with Gasteiger partial charge < -0.3 is 10.2 Å². The Bertz CT molecular complexity index is 785. The highest BCUT2D eigenvalue weighted by molar-refractivity contribution is 5.95. The number of pyridine rings is 1. The lowest BCUT2D eigenvalue weighted by Crippen LogP contribution is -2.34. The number of hydrogen-bond acceptors (Lipinski definition) is 5. The van der Waals surface area contributed by atoms with Gasteiger partial charge in [0, 0.05) is 24.5 Å². The summed E-state index contributed by atoms with van der Waals surface area (Å²) in [6, 6.07) is 7.24. The van der Waals surface area contributed by atoms with E-state index < -0.39 is 4.92 Å². The molecule has 1 heterocycles. The van der Waals surface area contributed by atoms with Gasteiger partial charge in [0.2, 0.25) is 11.7 Å². The van der Waals surface area contributed by atoms with Crippen molar-refractivity contribution in [3.63, 3.8) is 0 Å². The standard InChI is InChI=1S/C18H22N4O3/c1-5-21(18-15(22(24)25)9-12(2)10-19-18)11-16(23)20-17-13(3)7-6-8-14(17)4/h6-10H,5,11H2,1-4H3,(H,20,23). The molecule has 1 aromatic heterocycles. The SMILES string of the molecule is CCN(CC(=O)Nc1c(C)cccc1C)c1ncc(C)cc1[N+](=O)[O-]. The van der Waals surface area contributed by atoms with Crippen molar-refractivity contribution in [1.29, 1.82) is 0 Å². The number of anilines is 2. The number of nitro groups is 1. The number of aromatic nitrogens is 1. The van der Waals surface area contributed by atoms with E-state index in [0.29, 0.717) is 12.1 Å². The summed E-state index contributed by atoms with van der Waals surface area (Å²) in [5, 5.41) is 14.2.